The summed E-state index contributed by atoms with van der Waals surface area (Å²) in [7, 11) is 1.94. The summed E-state index contributed by atoms with van der Waals surface area (Å²) in [5.41, 5.74) is 3.22. The zero-order valence-electron chi connectivity index (χ0n) is 20.2. The van der Waals surface area contributed by atoms with Crippen LogP contribution in [0.25, 0.3) is 5.57 Å². The van der Waals surface area contributed by atoms with Gasteiger partial charge in [-0.05, 0) is 56.5 Å². The van der Waals surface area contributed by atoms with Gasteiger partial charge < -0.3 is 14.7 Å². The predicted octanol–water partition coefficient (Wildman–Crippen LogP) is 4.14. The van der Waals surface area contributed by atoms with E-state index in [-0.39, 0.29) is 36.4 Å². The smallest absolute Gasteiger partial charge is 0.259 e. The lowest BCUT2D eigenvalue weighted by molar-refractivity contribution is 0.0324. The highest BCUT2D eigenvalue weighted by molar-refractivity contribution is 5.97. The number of benzene rings is 1. The van der Waals surface area contributed by atoms with Gasteiger partial charge in [0.15, 0.2) is 0 Å². The van der Waals surface area contributed by atoms with E-state index in [1.165, 1.54) is 11.6 Å². The molecule has 2 aliphatic rings. The molecule has 0 bridgehead atoms. The van der Waals surface area contributed by atoms with E-state index < -0.39 is 0 Å². The molecular formula is C27H34FN3O3. The Morgan fingerprint density at radius 1 is 1.35 bits per heavy atom. The second kappa shape index (κ2) is 10.7. The number of ether oxygens (including phenoxy) is 1. The van der Waals surface area contributed by atoms with Crippen LogP contribution in [0.1, 0.15) is 54.6 Å². The molecule has 1 aromatic carbocycles. The zero-order chi connectivity index (χ0) is 24.2. The van der Waals surface area contributed by atoms with Gasteiger partial charge in [0.05, 0.1) is 12.6 Å². The molecule has 1 N–H and O–H groups in total. The van der Waals surface area contributed by atoms with Gasteiger partial charge in [0.1, 0.15) is 17.5 Å². The molecule has 1 aliphatic heterocycles. The van der Waals surface area contributed by atoms with Crippen LogP contribution >= 0.6 is 0 Å². The van der Waals surface area contributed by atoms with Crippen LogP contribution in [0, 0.1) is 11.7 Å². The van der Waals surface area contributed by atoms with E-state index in [0.717, 1.165) is 24.8 Å². The van der Waals surface area contributed by atoms with Gasteiger partial charge in [-0.1, -0.05) is 31.2 Å². The number of aliphatic hydroxyl groups excluding tert-OH is 1. The normalized spacial score (nSPS) is 21.5. The van der Waals surface area contributed by atoms with Crippen molar-refractivity contribution in [3.63, 3.8) is 0 Å². The number of amides is 1. The van der Waals surface area contributed by atoms with Gasteiger partial charge in [0, 0.05) is 37.3 Å². The molecular weight excluding hydrogens is 433 g/mol. The van der Waals surface area contributed by atoms with Gasteiger partial charge in [-0.3, -0.25) is 9.69 Å². The van der Waals surface area contributed by atoms with Crippen molar-refractivity contribution in [2.75, 3.05) is 26.7 Å². The first-order valence-corrected chi connectivity index (χ1v) is 12.1. The van der Waals surface area contributed by atoms with Crippen molar-refractivity contribution in [3.8, 4) is 5.88 Å². The molecule has 0 unspecified atom stereocenters. The lowest BCUT2D eigenvalue weighted by Gasteiger charge is -2.37. The molecule has 34 heavy (non-hydrogen) atoms. The number of pyridine rings is 1. The third-order valence-electron chi connectivity index (χ3n) is 6.82. The Hall–Kier alpha value is -2.77. The van der Waals surface area contributed by atoms with Crippen LogP contribution in [0.3, 0.4) is 0 Å². The Balaban J connectivity index is 1.62. The number of rotatable bonds is 7. The Morgan fingerprint density at radius 2 is 2.15 bits per heavy atom. The van der Waals surface area contributed by atoms with Crippen LogP contribution in [0.2, 0.25) is 0 Å². The number of hydrogen-bond donors (Lipinski definition) is 1. The number of halogens is 1. The van der Waals surface area contributed by atoms with Crippen LogP contribution in [0.5, 0.6) is 5.88 Å². The first kappa shape index (κ1) is 24.4. The quantitative estimate of drug-likeness (QED) is 0.663. The highest BCUT2D eigenvalue weighted by Gasteiger charge is 2.34. The molecule has 2 heterocycles. The predicted molar refractivity (Wildman–Crippen MR) is 130 cm³/mol. The standard InChI is InChI=1S/C27H34FN3O3/c1-18-14-31(19(2)17-32)27(33)23-12-22(20-8-4-5-9-20)13-29-26(23)34-25(18)16-30(3)15-21-10-6-7-11-24(21)28/h6-8,10-13,18-19,25,32H,4-5,9,14-17H2,1-3H3/t18-,19-,25+/m1/s1. The van der Waals surface area contributed by atoms with E-state index in [4.69, 9.17) is 4.74 Å². The first-order valence-electron chi connectivity index (χ1n) is 12.1. The van der Waals surface area contributed by atoms with Crippen molar-refractivity contribution in [1.82, 2.24) is 14.8 Å². The van der Waals surface area contributed by atoms with Gasteiger partial charge in [0.25, 0.3) is 5.91 Å². The third kappa shape index (κ3) is 5.31. The number of aliphatic hydroxyl groups is 1. The fourth-order valence-electron chi connectivity index (χ4n) is 4.72. The topological polar surface area (TPSA) is 65.9 Å². The molecule has 2 aromatic rings. The summed E-state index contributed by atoms with van der Waals surface area (Å²) < 4.78 is 20.5. The van der Waals surface area contributed by atoms with Crippen LogP contribution in [0.4, 0.5) is 4.39 Å². The summed E-state index contributed by atoms with van der Waals surface area (Å²) in [6.07, 6.45) is 6.86. The fourth-order valence-corrected chi connectivity index (χ4v) is 4.72. The zero-order valence-corrected chi connectivity index (χ0v) is 20.2. The highest BCUT2D eigenvalue weighted by Crippen LogP contribution is 2.32. The summed E-state index contributed by atoms with van der Waals surface area (Å²) in [6.45, 7) is 5.20. The van der Waals surface area contributed by atoms with E-state index in [2.05, 4.69) is 11.1 Å². The van der Waals surface area contributed by atoms with E-state index in [1.807, 2.05) is 37.9 Å². The Labute approximate surface area is 201 Å². The van der Waals surface area contributed by atoms with Crippen molar-refractivity contribution < 1.29 is 19.0 Å². The fraction of sp³-hybridized carbons (Fsp3) is 0.481. The second-order valence-corrected chi connectivity index (χ2v) is 9.61. The number of allylic oxidation sites excluding steroid dienone is 2. The molecule has 0 saturated heterocycles. The molecule has 1 amide bonds. The van der Waals surface area contributed by atoms with Gasteiger partial charge in [0.2, 0.25) is 5.88 Å². The number of hydrogen-bond acceptors (Lipinski definition) is 5. The maximum absolute atomic E-state index is 14.2. The molecule has 1 aliphatic carbocycles. The first-order chi connectivity index (χ1) is 16.4. The molecule has 0 saturated carbocycles. The van der Waals surface area contributed by atoms with E-state index in [9.17, 15) is 14.3 Å². The van der Waals surface area contributed by atoms with Crippen molar-refractivity contribution in [1.29, 1.82) is 0 Å². The second-order valence-electron chi connectivity index (χ2n) is 9.61. The van der Waals surface area contributed by atoms with Crippen molar-refractivity contribution in [2.45, 2.75) is 51.8 Å². The summed E-state index contributed by atoms with van der Waals surface area (Å²) in [6, 6.07) is 8.33. The maximum atomic E-state index is 14.2. The van der Waals surface area contributed by atoms with Crippen LogP contribution in [-0.2, 0) is 6.54 Å². The monoisotopic (exact) mass is 467 g/mol. The minimum Gasteiger partial charge on any atom is -0.472 e. The molecule has 0 spiro atoms. The number of fused-ring (bicyclic) bond motifs is 1. The van der Waals surface area contributed by atoms with Gasteiger partial charge >= 0.3 is 0 Å². The third-order valence-corrected chi connectivity index (χ3v) is 6.82. The van der Waals surface area contributed by atoms with E-state index >= 15 is 0 Å². The number of nitrogens with zero attached hydrogens (tertiary/aromatic N) is 3. The highest BCUT2D eigenvalue weighted by atomic mass is 19.1. The number of carbonyl (C=O) groups is 1. The van der Waals surface area contributed by atoms with Crippen LogP contribution in [-0.4, -0.2) is 64.7 Å². The lowest BCUT2D eigenvalue weighted by atomic mass is 9.99. The lowest BCUT2D eigenvalue weighted by Crippen LogP contribution is -2.49. The van der Waals surface area contributed by atoms with Crippen molar-refractivity contribution >= 4 is 11.5 Å². The molecule has 7 heteroatoms. The Kier molecular flexibility index (Phi) is 7.63. The molecule has 0 radical (unpaired) electrons. The largest absolute Gasteiger partial charge is 0.472 e. The van der Waals surface area contributed by atoms with E-state index in [0.29, 0.717) is 36.6 Å². The van der Waals surface area contributed by atoms with E-state index in [1.54, 1.807) is 23.2 Å². The molecule has 182 valence electrons. The summed E-state index contributed by atoms with van der Waals surface area (Å²) in [4.78, 5) is 21.9. The average Bonchev–Trinajstić information content (AvgIpc) is 3.37. The SMILES string of the molecule is C[C@@H]1CN([C@H](C)CO)C(=O)c2cc(C3=CCCC3)cnc2O[C@H]1CN(C)Cc1ccccc1F. The average molecular weight is 468 g/mol. The van der Waals surface area contributed by atoms with Crippen LogP contribution in [0.15, 0.2) is 42.6 Å². The number of likely N-dealkylation sites (N-methyl/N-ethyl adjacent to an activating group) is 1. The van der Waals surface area contributed by atoms with Crippen LogP contribution < -0.4 is 4.74 Å². The summed E-state index contributed by atoms with van der Waals surface area (Å²) in [5, 5.41) is 9.84. The number of aromatic nitrogens is 1. The summed E-state index contributed by atoms with van der Waals surface area (Å²) in [5.74, 6) is -0.101. The maximum Gasteiger partial charge on any atom is 0.259 e. The van der Waals surface area contributed by atoms with Crippen molar-refractivity contribution in [2.24, 2.45) is 5.92 Å². The minimum absolute atomic E-state index is 0.0202. The van der Waals surface area contributed by atoms with Gasteiger partial charge in [-0.2, -0.15) is 0 Å². The molecule has 4 rings (SSSR count). The molecule has 1 aromatic heterocycles. The molecule has 6 nitrogen and oxygen atoms in total. The number of carbonyl (C=O) groups excluding carboxylic acids is 1. The Morgan fingerprint density at radius 3 is 2.85 bits per heavy atom. The minimum atomic E-state index is -0.327. The summed E-state index contributed by atoms with van der Waals surface area (Å²) >= 11 is 0. The Bertz CT molecular complexity index is 1060. The van der Waals surface area contributed by atoms with Crippen molar-refractivity contribution in [3.05, 3.63) is 65.1 Å². The van der Waals surface area contributed by atoms with Gasteiger partial charge in [-0.25, -0.2) is 9.37 Å². The molecule has 0 fully saturated rings. The molecule has 3 atom stereocenters. The van der Waals surface area contributed by atoms with Gasteiger partial charge in [-0.15, -0.1) is 0 Å².